The van der Waals surface area contributed by atoms with E-state index in [4.69, 9.17) is 10.5 Å². The molecule has 0 aliphatic heterocycles. The number of rotatable bonds is 19. The second-order valence-electron chi connectivity index (χ2n) is 11.8. The Hall–Kier alpha value is -4.87. The predicted octanol–water partition coefficient (Wildman–Crippen LogP) is 2.55. The van der Waals surface area contributed by atoms with E-state index in [1.807, 2.05) is 41.3 Å². The number of anilines is 1. The molecule has 15 nitrogen and oxygen atoms in total. The van der Waals surface area contributed by atoms with Crippen LogP contribution in [0.15, 0.2) is 71.8 Å². The Bertz CT molecular complexity index is 1840. The third-order valence-corrected chi connectivity index (χ3v) is 9.94. The van der Waals surface area contributed by atoms with Gasteiger partial charge in [0.25, 0.3) is 5.56 Å². The summed E-state index contributed by atoms with van der Waals surface area (Å²) in [5.74, 6) is -1.88. The van der Waals surface area contributed by atoms with E-state index in [-0.39, 0.29) is 43.4 Å². The number of nitrogen functional groups attached to an aromatic ring is 1. The lowest BCUT2D eigenvalue weighted by Crippen LogP contribution is -2.47. The van der Waals surface area contributed by atoms with Gasteiger partial charge in [-0.25, -0.2) is 15.2 Å². The van der Waals surface area contributed by atoms with Crippen LogP contribution in [0.3, 0.4) is 0 Å². The zero-order valence-electron chi connectivity index (χ0n) is 27.5. The van der Waals surface area contributed by atoms with E-state index in [1.165, 1.54) is 6.33 Å². The first-order valence-electron chi connectivity index (χ1n) is 15.9. The van der Waals surface area contributed by atoms with E-state index in [2.05, 4.69) is 31.2 Å². The number of aromatic nitrogens is 4. The fraction of sp³-hybridized carbons (Fsp3) is 0.394. The highest BCUT2D eigenvalue weighted by Gasteiger charge is 2.35. The lowest BCUT2D eigenvalue weighted by atomic mass is 10.1. The van der Waals surface area contributed by atoms with Gasteiger partial charge < -0.3 is 20.1 Å². The molecule has 0 radical (unpaired) electrons. The first-order valence-corrected chi connectivity index (χ1v) is 17.8. The van der Waals surface area contributed by atoms with Crippen LogP contribution in [-0.4, -0.2) is 85.4 Å². The Morgan fingerprint density at radius 2 is 1.65 bits per heavy atom. The number of aliphatic carboxylic acids is 1. The fourth-order valence-corrected chi connectivity index (χ4v) is 7.57. The zero-order valence-corrected chi connectivity index (χ0v) is 28.4. The summed E-state index contributed by atoms with van der Waals surface area (Å²) in [6, 6.07) is 18.0. The van der Waals surface area contributed by atoms with Crippen molar-refractivity contribution >= 4 is 36.5 Å². The van der Waals surface area contributed by atoms with E-state index >= 15 is 0 Å². The molecule has 6 N–H and O–H groups in total. The first-order chi connectivity index (χ1) is 23.5. The van der Waals surface area contributed by atoms with Crippen LogP contribution in [0, 0.1) is 11.3 Å². The van der Waals surface area contributed by atoms with E-state index in [0.29, 0.717) is 25.3 Å². The highest BCUT2D eigenvalue weighted by molar-refractivity contribution is 7.60. The van der Waals surface area contributed by atoms with E-state index in [1.54, 1.807) is 42.7 Å². The number of nitrogens with zero attached hydrogens (tertiary/aromatic N) is 5. The van der Waals surface area contributed by atoms with Crippen molar-refractivity contribution in [1.82, 2.24) is 34.6 Å². The number of nitriles is 1. The van der Waals surface area contributed by atoms with E-state index in [9.17, 15) is 29.3 Å². The normalized spacial score (nSPS) is 13.9. The number of aromatic amines is 1. The molecule has 49 heavy (non-hydrogen) atoms. The summed E-state index contributed by atoms with van der Waals surface area (Å²) in [7, 11) is -3.88. The minimum Gasteiger partial charge on any atom is -0.480 e. The van der Waals surface area contributed by atoms with Gasteiger partial charge in [0, 0.05) is 38.8 Å². The number of nitrogens with two attached hydrogens (primary N) is 1. The molecular weight excluding hydrogens is 649 g/mol. The third kappa shape index (κ3) is 11.1. The third-order valence-electron chi connectivity index (χ3n) is 7.65. The van der Waals surface area contributed by atoms with Crippen LogP contribution >= 0.6 is 7.44 Å². The molecule has 3 atom stereocenters. The van der Waals surface area contributed by atoms with Crippen molar-refractivity contribution in [1.29, 1.82) is 5.26 Å². The highest BCUT2D eigenvalue weighted by atomic mass is 31.2. The first kappa shape index (κ1) is 37.0. The van der Waals surface area contributed by atoms with Crippen LogP contribution in [0.25, 0.3) is 11.2 Å². The second kappa shape index (κ2) is 17.5. The van der Waals surface area contributed by atoms with Gasteiger partial charge in [0.05, 0.1) is 18.5 Å². The smallest absolute Gasteiger partial charge is 0.324 e. The van der Waals surface area contributed by atoms with Gasteiger partial charge in [-0.05, 0) is 37.8 Å². The minimum absolute atomic E-state index is 0.0444. The number of benzene rings is 2. The van der Waals surface area contributed by atoms with Crippen molar-refractivity contribution in [2.45, 2.75) is 57.8 Å². The largest absolute Gasteiger partial charge is 0.480 e. The van der Waals surface area contributed by atoms with E-state index in [0.717, 1.165) is 11.1 Å². The van der Waals surface area contributed by atoms with Crippen LogP contribution in [0.4, 0.5) is 5.95 Å². The molecule has 0 saturated carbocycles. The standard InChI is InChI=1S/C33H42N9O6P/c1-23(2)48-32(46)27(21-25-12-7-4-8-13-25)40-49(47,39-26(31(44)45)20-24-10-5-3-6-11-24)19-18-41(15-9-14-34)16-17-42-22-36-28-29(42)37-33(35)38-30(28)43/h3-8,10-13,22-23,26-27H,9,15-21H2,1-2H3,(H,44,45)(H2,39,40,47)(H3,35,37,38,43)/t26-,27-,49?/m0/s1. The summed E-state index contributed by atoms with van der Waals surface area (Å²) in [5, 5.41) is 25.5. The number of H-pyrrole nitrogens is 1. The molecule has 2 heterocycles. The topological polar surface area (TPSA) is 221 Å². The summed E-state index contributed by atoms with van der Waals surface area (Å²) in [5.41, 5.74) is 7.23. The molecule has 4 rings (SSSR count). The maximum atomic E-state index is 14.9. The van der Waals surface area contributed by atoms with Gasteiger partial charge in [-0.15, -0.1) is 0 Å². The molecule has 2 aromatic carbocycles. The lowest BCUT2D eigenvalue weighted by Gasteiger charge is -2.31. The average molecular weight is 692 g/mol. The van der Waals surface area contributed by atoms with Crippen LogP contribution in [0.2, 0.25) is 0 Å². The van der Waals surface area contributed by atoms with Crippen LogP contribution < -0.4 is 21.5 Å². The predicted molar refractivity (Wildman–Crippen MR) is 185 cm³/mol. The Balaban J connectivity index is 1.61. The number of nitrogens with one attached hydrogen (secondary N) is 3. The van der Waals surface area contributed by atoms with Gasteiger partial charge >= 0.3 is 11.9 Å². The van der Waals surface area contributed by atoms with E-state index < -0.39 is 43.1 Å². The average Bonchev–Trinajstić information content (AvgIpc) is 3.47. The molecule has 0 aliphatic rings. The highest BCUT2D eigenvalue weighted by Crippen LogP contribution is 2.38. The molecule has 1 unspecified atom stereocenters. The molecule has 4 aromatic rings. The number of esters is 1. The number of carbonyl (C=O) groups is 2. The number of imidazole rings is 1. The number of fused-ring (bicyclic) bond motifs is 1. The van der Waals surface area contributed by atoms with Gasteiger partial charge in [-0.2, -0.15) is 10.2 Å². The summed E-state index contributed by atoms with van der Waals surface area (Å²) >= 11 is 0. The van der Waals surface area contributed by atoms with Gasteiger partial charge in [0.15, 0.2) is 11.2 Å². The van der Waals surface area contributed by atoms with Crippen LogP contribution in [-0.2, 0) is 38.3 Å². The molecule has 260 valence electrons. The quantitative estimate of drug-likeness (QED) is 0.0706. The molecule has 2 aromatic heterocycles. The summed E-state index contributed by atoms with van der Waals surface area (Å²) < 4.78 is 22.1. The van der Waals surface area contributed by atoms with Crippen molar-refractivity contribution in [3.63, 3.8) is 0 Å². The monoisotopic (exact) mass is 691 g/mol. The number of carbonyl (C=O) groups excluding carboxylic acids is 1. The number of ether oxygens (including phenoxy) is 1. The van der Waals surface area contributed by atoms with Gasteiger partial charge in [-0.3, -0.25) is 28.8 Å². The van der Waals surface area contributed by atoms with Crippen LogP contribution in [0.1, 0.15) is 31.4 Å². The lowest BCUT2D eigenvalue weighted by molar-refractivity contribution is -0.149. The molecule has 0 amide bonds. The number of carboxylic acids is 1. The summed E-state index contributed by atoms with van der Waals surface area (Å²) in [6.07, 6.45) is 1.30. The van der Waals surface area contributed by atoms with Crippen molar-refractivity contribution in [2.75, 3.05) is 31.5 Å². The SMILES string of the molecule is CC(C)OC(=O)[C@H](Cc1ccccc1)NP(=O)(CCN(CCC#N)CCn1cnc2c(=O)[nH]c(N)nc21)N[C@@H](Cc1ccccc1)C(=O)O. The fourth-order valence-electron chi connectivity index (χ4n) is 5.26. The second-order valence-corrected chi connectivity index (χ2v) is 14.3. The Morgan fingerprint density at radius 1 is 1.04 bits per heavy atom. The van der Waals surface area contributed by atoms with Gasteiger partial charge in [0.2, 0.25) is 13.4 Å². The maximum Gasteiger partial charge on any atom is 0.324 e. The molecule has 0 saturated heterocycles. The van der Waals surface area contributed by atoms with Crippen LogP contribution in [0.5, 0.6) is 0 Å². The van der Waals surface area contributed by atoms with Crippen molar-refractivity contribution < 1.29 is 24.0 Å². The molecule has 0 fully saturated rings. The van der Waals surface area contributed by atoms with Crippen molar-refractivity contribution in [3.8, 4) is 6.07 Å². The van der Waals surface area contributed by atoms with Crippen molar-refractivity contribution in [3.05, 3.63) is 88.5 Å². The molecule has 0 aliphatic carbocycles. The Kier molecular flexibility index (Phi) is 13.2. The summed E-state index contributed by atoms with van der Waals surface area (Å²) in [4.78, 5) is 50.8. The Labute approximate surface area is 284 Å². The molecular formula is C33H42N9O6P. The van der Waals surface area contributed by atoms with Gasteiger partial charge in [-0.1, -0.05) is 60.7 Å². The summed E-state index contributed by atoms with van der Waals surface area (Å²) in [6.45, 7) is 4.56. The maximum absolute atomic E-state index is 14.9. The molecule has 16 heteroatoms. The molecule has 0 spiro atoms. The Morgan fingerprint density at radius 3 is 2.24 bits per heavy atom. The number of carboxylic acid groups (broad SMARTS) is 1. The number of hydrogen-bond acceptors (Lipinski definition) is 10. The van der Waals surface area contributed by atoms with Gasteiger partial charge in [0.1, 0.15) is 12.1 Å². The minimum atomic E-state index is -3.88. The zero-order chi connectivity index (χ0) is 35.4. The molecule has 0 bridgehead atoms. The van der Waals surface area contributed by atoms with Crippen molar-refractivity contribution in [2.24, 2.45) is 0 Å². The number of hydrogen-bond donors (Lipinski definition) is 5.